The number of thiophene rings is 1. The van der Waals surface area contributed by atoms with Crippen molar-refractivity contribution >= 4 is 78.0 Å². The molecule has 0 fully saturated rings. The molecule has 0 aliphatic rings. The van der Waals surface area contributed by atoms with Crippen LogP contribution in [0.25, 0.3) is 21.1 Å². The lowest BCUT2D eigenvalue weighted by Gasteiger charge is -2.03. The molecule has 0 spiro atoms. The number of nitrogens with zero attached hydrogens (tertiary/aromatic N) is 1. The molecular formula is C25H14BrClN2O4S. The van der Waals surface area contributed by atoms with Crippen molar-refractivity contribution in [1.82, 2.24) is 5.43 Å². The minimum absolute atomic E-state index is 0.160. The lowest BCUT2D eigenvalue weighted by Crippen LogP contribution is -2.16. The zero-order valence-corrected chi connectivity index (χ0v) is 20.4. The lowest BCUT2D eigenvalue weighted by atomic mass is 10.2. The van der Waals surface area contributed by atoms with E-state index < -0.39 is 11.9 Å². The van der Waals surface area contributed by atoms with Crippen LogP contribution in [0.5, 0.6) is 5.75 Å². The van der Waals surface area contributed by atoms with E-state index in [2.05, 4.69) is 26.5 Å². The predicted octanol–water partition coefficient (Wildman–Crippen LogP) is 7.05. The van der Waals surface area contributed by atoms with Crippen molar-refractivity contribution in [2.75, 3.05) is 0 Å². The van der Waals surface area contributed by atoms with Crippen molar-refractivity contribution in [1.29, 1.82) is 0 Å². The number of nitrogens with one attached hydrogen (secondary N) is 1. The number of rotatable bonds is 5. The number of amides is 1. The molecular weight excluding hydrogens is 540 g/mol. The number of halogens is 2. The minimum Gasteiger partial charge on any atom is -0.451 e. The quantitative estimate of drug-likeness (QED) is 0.109. The number of furan rings is 1. The SMILES string of the molecule is O=C(NN=Cc1ccc(OC(=O)c2sc3ccccc3c2Cl)cc1)c1cc2cc(Br)ccc2o1. The summed E-state index contributed by atoms with van der Waals surface area (Å²) in [5.74, 6) is -0.451. The summed E-state index contributed by atoms with van der Waals surface area (Å²) in [6.07, 6.45) is 1.48. The van der Waals surface area contributed by atoms with E-state index in [4.69, 9.17) is 20.8 Å². The summed E-state index contributed by atoms with van der Waals surface area (Å²) in [6.45, 7) is 0. The van der Waals surface area contributed by atoms with Crippen molar-refractivity contribution in [3.8, 4) is 5.75 Å². The summed E-state index contributed by atoms with van der Waals surface area (Å²) in [7, 11) is 0. The van der Waals surface area contributed by atoms with Gasteiger partial charge in [-0.05, 0) is 60.2 Å². The van der Waals surface area contributed by atoms with E-state index in [1.165, 1.54) is 17.6 Å². The molecule has 5 aromatic rings. The topological polar surface area (TPSA) is 80.9 Å². The number of ether oxygens (including phenoxy) is 1. The zero-order chi connectivity index (χ0) is 23.7. The first kappa shape index (κ1) is 22.3. The van der Waals surface area contributed by atoms with Crippen LogP contribution in [0, 0.1) is 0 Å². The maximum atomic E-state index is 12.6. The Hall–Kier alpha value is -3.46. The van der Waals surface area contributed by atoms with E-state index in [1.807, 2.05) is 36.4 Å². The largest absolute Gasteiger partial charge is 0.451 e. The summed E-state index contributed by atoms with van der Waals surface area (Å²) in [5, 5.41) is 5.99. The van der Waals surface area contributed by atoms with Crippen LogP contribution in [0.15, 0.2) is 86.8 Å². The first-order valence-electron chi connectivity index (χ1n) is 10.00. The van der Waals surface area contributed by atoms with Crippen molar-refractivity contribution in [2.24, 2.45) is 5.10 Å². The average molecular weight is 554 g/mol. The molecule has 6 nitrogen and oxygen atoms in total. The normalized spacial score (nSPS) is 11.4. The fourth-order valence-corrected chi connectivity index (χ4v) is 5.03. The monoisotopic (exact) mass is 552 g/mol. The van der Waals surface area contributed by atoms with Crippen molar-refractivity contribution in [3.05, 3.63) is 98.5 Å². The first-order valence-corrected chi connectivity index (χ1v) is 12.0. The van der Waals surface area contributed by atoms with Crippen LogP contribution in [0.1, 0.15) is 25.8 Å². The van der Waals surface area contributed by atoms with Gasteiger partial charge in [-0.2, -0.15) is 5.10 Å². The number of carbonyl (C=O) groups excluding carboxylic acids is 2. The third-order valence-electron chi connectivity index (χ3n) is 4.89. The Balaban J connectivity index is 1.21. The smallest absolute Gasteiger partial charge is 0.355 e. The Morgan fingerprint density at radius 3 is 2.65 bits per heavy atom. The number of hydrazone groups is 1. The molecule has 9 heteroatoms. The number of hydrogen-bond acceptors (Lipinski definition) is 6. The van der Waals surface area contributed by atoms with Crippen LogP contribution < -0.4 is 10.2 Å². The zero-order valence-electron chi connectivity index (χ0n) is 17.2. The van der Waals surface area contributed by atoms with Crippen LogP contribution in [-0.2, 0) is 0 Å². The van der Waals surface area contributed by atoms with Gasteiger partial charge in [-0.15, -0.1) is 11.3 Å². The maximum absolute atomic E-state index is 12.6. The molecule has 5 rings (SSSR count). The predicted molar refractivity (Wildman–Crippen MR) is 137 cm³/mol. The summed E-state index contributed by atoms with van der Waals surface area (Å²) < 4.78 is 12.8. The van der Waals surface area contributed by atoms with Gasteiger partial charge >= 0.3 is 11.9 Å². The fraction of sp³-hybridized carbons (Fsp3) is 0. The van der Waals surface area contributed by atoms with E-state index in [9.17, 15) is 9.59 Å². The second kappa shape index (κ2) is 9.42. The molecule has 1 N–H and O–H groups in total. The van der Waals surface area contributed by atoms with Crippen LogP contribution in [0.2, 0.25) is 5.02 Å². The van der Waals surface area contributed by atoms with Crippen molar-refractivity contribution in [2.45, 2.75) is 0 Å². The third-order valence-corrected chi connectivity index (χ3v) is 7.04. The van der Waals surface area contributed by atoms with E-state index in [0.29, 0.717) is 26.8 Å². The number of esters is 1. The van der Waals surface area contributed by atoms with Crippen LogP contribution in [-0.4, -0.2) is 18.1 Å². The van der Waals surface area contributed by atoms with E-state index >= 15 is 0 Å². The molecule has 0 unspecified atom stereocenters. The van der Waals surface area contributed by atoms with Crippen LogP contribution in [0.4, 0.5) is 0 Å². The Morgan fingerprint density at radius 1 is 1.06 bits per heavy atom. The molecule has 168 valence electrons. The molecule has 3 aromatic carbocycles. The van der Waals surface area contributed by atoms with Gasteiger partial charge in [0.15, 0.2) is 5.76 Å². The maximum Gasteiger partial charge on any atom is 0.355 e. The molecule has 0 aliphatic heterocycles. The van der Waals surface area contributed by atoms with Crippen molar-refractivity contribution < 1.29 is 18.7 Å². The van der Waals surface area contributed by atoms with Gasteiger partial charge in [0, 0.05) is 19.9 Å². The highest BCUT2D eigenvalue weighted by atomic mass is 79.9. The Kier molecular flexibility index (Phi) is 6.19. The van der Waals surface area contributed by atoms with Crippen LogP contribution >= 0.6 is 38.9 Å². The molecule has 2 heterocycles. The number of fused-ring (bicyclic) bond motifs is 2. The van der Waals surface area contributed by atoms with Crippen molar-refractivity contribution in [3.63, 3.8) is 0 Å². The van der Waals surface area contributed by atoms with E-state index in [1.54, 1.807) is 36.4 Å². The summed E-state index contributed by atoms with van der Waals surface area (Å²) in [6, 6.07) is 21.4. The van der Waals surface area contributed by atoms with Gasteiger partial charge < -0.3 is 9.15 Å². The molecule has 0 atom stereocenters. The fourth-order valence-electron chi connectivity index (χ4n) is 3.27. The van der Waals surface area contributed by atoms with E-state index in [0.717, 1.165) is 19.9 Å². The third kappa shape index (κ3) is 4.61. The summed E-state index contributed by atoms with van der Waals surface area (Å²) in [5.41, 5.74) is 3.75. The highest BCUT2D eigenvalue weighted by Crippen LogP contribution is 2.35. The van der Waals surface area contributed by atoms with Gasteiger partial charge in [0.2, 0.25) is 0 Å². The molecule has 1 amide bonds. The van der Waals surface area contributed by atoms with Gasteiger partial charge in [0.05, 0.1) is 11.2 Å². The van der Waals surface area contributed by atoms with Gasteiger partial charge in [-0.1, -0.05) is 45.7 Å². The number of carbonyl (C=O) groups is 2. The lowest BCUT2D eigenvalue weighted by molar-refractivity contribution is 0.0739. The number of benzene rings is 3. The Labute approximate surface area is 210 Å². The molecule has 0 aliphatic carbocycles. The Morgan fingerprint density at radius 2 is 1.85 bits per heavy atom. The second-order valence-electron chi connectivity index (χ2n) is 7.19. The standard InChI is InChI=1S/C25H14BrClN2O4S/c26-16-7-10-19-15(11-16)12-20(33-19)24(30)29-28-13-14-5-8-17(9-6-14)32-25(31)23-22(27)18-3-1-2-4-21(18)34-23/h1-13H,(H,29,30). The van der Waals surface area contributed by atoms with Crippen LogP contribution in [0.3, 0.4) is 0 Å². The van der Waals surface area contributed by atoms with Gasteiger partial charge in [0.25, 0.3) is 0 Å². The molecule has 2 aromatic heterocycles. The molecule has 34 heavy (non-hydrogen) atoms. The summed E-state index contributed by atoms with van der Waals surface area (Å²) in [4.78, 5) is 25.2. The average Bonchev–Trinajstić information content (AvgIpc) is 3.41. The minimum atomic E-state index is -0.516. The highest BCUT2D eigenvalue weighted by molar-refractivity contribution is 9.10. The summed E-state index contributed by atoms with van der Waals surface area (Å²) >= 11 is 11.0. The second-order valence-corrected chi connectivity index (χ2v) is 9.54. The highest BCUT2D eigenvalue weighted by Gasteiger charge is 2.19. The first-order chi connectivity index (χ1) is 16.5. The molecule has 0 bridgehead atoms. The molecule has 0 saturated carbocycles. The molecule has 0 radical (unpaired) electrons. The van der Waals surface area contributed by atoms with Gasteiger partial charge in [-0.3, -0.25) is 4.79 Å². The van der Waals surface area contributed by atoms with E-state index in [-0.39, 0.29) is 5.76 Å². The number of hydrogen-bond donors (Lipinski definition) is 1. The van der Waals surface area contributed by atoms with Gasteiger partial charge in [0.1, 0.15) is 16.2 Å². The molecule has 0 saturated heterocycles. The van der Waals surface area contributed by atoms with Gasteiger partial charge in [-0.25, -0.2) is 10.2 Å². The Bertz CT molecular complexity index is 1570.